The minimum Gasteiger partial charge on any atom is -0.480 e. The van der Waals surface area contributed by atoms with Crippen LogP contribution in [0.15, 0.2) is 77.8 Å². The molecular formula is C24H22ClN3O5S. The van der Waals surface area contributed by atoms with Gasteiger partial charge in [0, 0.05) is 23.3 Å². The topological polar surface area (TPSA) is 125 Å². The monoisotopic (exact) mass is 499 g/mol. The Balaban J connectivity index is 1.50. The highest BCUT2D eigenvalue weighted by molar-refractivity contribution is 7.91. The smallest absolute Gasteiger partial charge is 0.329 e. The van der Waals surface area contributed by atoms with E-state index in [2.05, 4.69) is 15.6 Å². The number of carbonyl (C=O) groups is 2. The van der Waals surface area contributed by atoms with Crippen molar-refractivity contribution in [3.63, 3.8) is 0 Å². The average Bonchev–Trinajstić information content (AvgIpc) is 3.61. The lowest BCUT2D eigenvalue weighted by Gasteiger charge is -2.19. The van der Waals surface area contributed by atoms with Crippen LogP contribution in [0.3, 0.4) is 0 Å². The normalized spacial score (nSPS) is 15.3. The number of halogens is 1. The Morgan fingerprint density at radius 3 is 2.26 bits per heavy atom. The predicted molar refractivity (Wildman–Crippen MR) is 126 cm³/mol. The highest BCUT2D eigenvalue weighted by Gasteiger charge is 2.51. The molecule has 4 rings (SSSR count). The zero-order chi connectivity index (χ0) is 24.3. The summed E-state index contributed by atoms with van der Waals surface area (Å²) in [6.07, 6.45) is 2.35. The van der Waals surface area contributed by atoms with Gasteiger partial charge in [0.25, 0.3) is 5.91 Å². The highest BCUT2D eigenvalue weighted by atomic mass is 35.5. The Labute approximate surface area is 201 Å². The molecule has 1 saturated carbocycles. The van der Waals surface area contributed by atoms with Crippen LogP contribution in [-0.4, -0.2) is 35.9 Å². The molecule has 3 N–H and O–H groups in total. The van der Waals surface area contributed by atoms with E-state index in [4.69, 9.17) is 11.6 Å². The quantitative estimate of drug-likeness (QED) is 0.412. The van der Waals surface area contributed by atoms with Gasteiger partial charge in [0.2, 0.25) is 0 Å². The number of hydrogen-bond donors (Lipinski definition) is 3. The molecule has 1 aliphatic rings. The lowest BCUT2D eigenvalue weighted by molar-refractivity contribution is -0.140. The summed E-state index contributed by atoms with van der Waals surface area (Å²) in [5, 5.41) is 14.2. The molecule has 0 radical (unpaired) electrons. The minimum absolute atomic E-state index is 0.111. The molecule has 1 unspecified atom stereocenters. The van der Waals surface area contributed by atoms with Crippen molar-refractivity contribution in [3.05, 3.63) is 94.8 Å². The van der Waals surface area contributed by atoms with E-state index in [0.717, 1.165) is 5.56 Å². The maximum Gasteiger partial charge on any atom is 0.329 e. The number of benzene rings is 2. The number of carboxylic acid groups (broad SMARTS) is 1. The van der Waals surface area contributed by atoms with E-state index >= 15 is 0 Å². The molecule has 3 aromatic rings. The summed E-state index contributed by atoms with van der Waals surface area (Å²) in [5.41, 5.74) is 0.245. The SMILES string of the molecule is O=C(NC1(C(=O)O)CC1)c1ccc(CNC(c2ccccn2)S(=O)(=O)c2ccc(Cl)cc2)cc1. The van der Waals surface area contributed by atoms with Gasteiger partial charge in [0.1, 0.15) is 5.54 Å². The molecule has 1 aliphatic carbocycles. The molecule has 1 heterocycles. The van der Waals surface area contributed by atoms with Crippen LogP contribution < -0.4 is 10.6 Å². The summed E-state index contributed by atoms with van der Waals surface area (Å²) in [5.74, 6) is -1.50. The third-order valence-electron chi connectivity index (χ3n) is 5.63. The maximum absolute atomic E-state index is 13.4. The summed E-state index contributed by atoms with van der Waals surface area (Å²) < 4.78 is 26.7. The van der Waals surface area contributed by atoms with Crippen LogP contribution >= 0.6 is 11.6 Å². The van der Waals surface area contributed by atoms with E-state index in [9.17, 15) is 23.1 Å². The van der Waals surface area contributed by atoms with Crippen LogP contribution in [0.1, 0.15) is 39.8 Å². The van der Waals surface area contributed by atoms with Crippen LogP contribution in [0.5, 0.6) is 0 Å². The summed E-state index contributed by atoms with van der Waals surface area (Å²) in [6, 6.07) is 17.5. The van der Waals surface area contributed by atoms with E-state index in [0.29, 0.717) is 29.1 Å². The molecule has 0 spiro atoms. The number of amides is 1. The van der Waals surface area contributed by atoms with Gasteiger partial charge in [-0.2, -0.15) is 0 Å². The number of pyridine rings is 1. The van der Waals surface area contributed by atoms with Crippen LogP contribution in [-0.2, 0) is 21.2 Å². The Kier molecular flexibility index (Phi) is 6.70. The van der Waals surface area contributed by atoms with Gasteiger partial charge in [0.15, 0.2) is 15.2 Å². The number of rotatable bonds is 9. The van der Waals surface area contributed by atoms with Gasteiger partial charge < -0.3 is 10.4 Å². The fourth-order valence-electron chi connectivity index (χ4n) is 3.46. The van der Waals surface area contributed by atoms with Crippen LogP contribution in [0.25, 0.3) is 0 Å². The van der Waals surface area contributed by atoms with Gasteiger partial charge in [-0.3, -0.25) is 15.1 Å². The Bertz CT molecular complexity index is 1290. The number of sulfone groups is 1. The van der Waals surface area contributed by atoms with Gasteiger partial charge in [-0.1, -0.05) is 29.8 Å². The van der Waals surface area contributed by atoms with E-state index in [1.165, 1.54) is 30.5 Å². The first-order valence-electron chi connectivity index (χ1n) is 10.5. The number of hydrogen-bond acceptors (Lipinski definition) is 6. The second-order valence-corrected chi connectivity index (χ2v) is 10.5. The Hall–Kier alpha value is -3.27. The zero-order valence-corrected chi connectivity index (χ0v) is 19.5. The summed E-state index contributed by atoms with van der Waals surface area (Å²) in [6.45, 7) is 0.190. The highest BCUT2D eigenvalue weighted by Crippen LogP contribution is 2.35. The van der Waals surface area contributed by atoms with Crippen molar-refractivity contribution >= 4 is 33.3 Å². The summed E-state index contributed by atoms with van der Waals surface area (Å²) in [4.78, 5) is 28.0. The fourth-order valence-corrected chi connectivity index (χ4v) is 5.13. The standard InChI is InChI=1S/C24H22ClN3O5S/c25-18-8-10-19(11-9-18)34(32,33)22(20-3-1-2-14-26-20)27-15-16-4-6-17(7-5-16)21(29)28-24(12-13-24)23(30)31/h1-11,14,22,27H,12-13,15H2,(H,28,29)(H,30,31). The first-order valence-corrected chi connectivity index (χ1v) is 12.4. The van der Waals surface area contributed by atoms with Crippen LogP contribution in [0, 0.1) is 0 Å². The molecule has 10 heteroatoms. The van der Waals surface area contributed by atoms with Gasteiger partial charge in [-0.15, -0.1) is 0 Å². The van der Waals surface area contributed by atoms with Crippen LogP contribution in [0.4, 0.5) is 0 Å². The van der Waals surface area contributed by atoms with Gasteiger partial charge in [-0.05, 0) is 66.9 Å². The zero-order valence-electron chi connectivity index (χ0n) is 17.9. The van der Waals surface area contributed by atoms with Crippen molar-refractivity contribution in [3.8, 4) is 0 Å². The van der Waals surface area contributed by atoms with E-state index in [-0.39, 0.29) is 11.4 Å². The van der Waals surface area contributed by atoms with Crippen molar-refractivity contribution < 1.29 is 23.1 Å². The summed E-state index contributed by atoms with van der Waals surface area (Å²) >= 11 is 5.91. The molecule has 1 amide bonds. The van der Waals surface area contributed by atoms with Gasteiger partial charge >= 0.3 is 5.97 Å². The number of nitrogens with zero attached hydrogens (tertiary/aromatic N) is 1. The summed E-state index contributed by atoms with van der Waals surface area (Å²) in [7, 11) is -3.84. The fraction of sp³-hybridized carbons (Fsp3) is 0.208. The van der Waals surface area contributed by atoms with E-state index in [1.807, 2.05) is 0 Å². The van der Waals surface area contributed by atoms with Crippen LogP contribution in [0.2, 0.25) is 5.02 Å². The Morgan fingerprint density at radius 2 is 1.71 bits per heavy atom. The molecule has 0 saturated heterocycles. The minimum atomic E-state index is -3.84. The van der Waals surface area contributed by atoms with E-state index < -0.39 is 32.6 Å². The molecule has 0 bridgehead atoms. The number of carbonyl (C=O) groups excluding carboxylic acids is 1. The third kappa shape index (κ3) is 5.11. The molecule has 0 aliphatic heterocycles. The Morgan fingerprint density at radius 1 is 1.03 bits per heavy atom. The lowest BCUT2D eigenvalue weighted by atomic mass is 10.1. The average molecular weight is 500 g/mol. The van der Waals surface area contributed by atoms with Gasteiger partial charge in [-0.25, -0.2) is 13.2 Å². The van der Waals surface area contributed by atoms with Crippen molar-refractivity contribution in [1.82, 2.24) is 15.6 Å². The number of aliphatic carboxylic acids is 1. The maximum atomic E-state index is 13.4. The van der Waals surface area contributed by atoms with Crippen molar-refractivity contribution in [2.75, 3.05) is 0 Å². The molecule has 8 nitrogen and oxygen atoms in total. The molecular weight excluding hydrogens is 478 g/mol. The van der Waals surface area contributed by atoms with Gasteiger partial charge in [0.05, 0.1) is 10.6 Å². The molecule has 1 atom stereocenters. The van der Waals surface area contributed by atoms with E-state index in [1.54, 1.807) is 42.5 Å². The largest absolute Gasteiger partial charge is 0.480 e. The van der Waals surface area contributed by atoms with Crippen molar-refractivity contribution in [2.45, 2.75) is 35.2 Å². The second-order valence-electron chi connectivity index (χ2n) is 8.05. The number of nitrogens with one attached hydrogen (secondary N) is 2. The number of aromatic nitrogens is 1. The molecule has 34 heavy (non-hydrogen) atoms. The number of carboxylic acids is 1. The predicted octanol–water partition coefficient (Wildman–Crippen LogP) is 3.34. The third-order valence-corrected chi connectivity index (χ3v) is 7.84. The first-order chi connectivity index (χ1) is 16.2. The first kappa shape index (κ1) is 23.9. The molecule has 176 valence electrons. The van der Waals surface area contributed by atoms with Crippen molar-refractivity contribution in [1.29, 1.82) is 0 Å². The molecule has 2 aromatic carbocycles. The lowest BCUT2D eigenvalue weighted by Crippen LogP contribution is -2.43. The second kappa shape index (κ2) is 9.54. The molecule has 1 aromatic heterocycles. The van der Waals surface area contributed by atoms with Crippen molar-refractivity contribution in [2.24, 2.45) is 0 Å². The molecule has 1 fully saturated rings.